The summed E-state index contributed by atoms with van der Waals surface area (Å²) in [7, 11) is 0.135. The summed E-state index contributed by atoms with van der Waals surface area (Å²) >= 11 is 0. The van der Waals surface area contributed by atoms with Gasteiger partial charge in [0.05, 0.1) is 96.4 Å². The summed E-state index contributed by atoms with van der Waals surface area (Å²) in [6, 6.07) is 37.8. The summed E-state index contributed by atoms with van der Waals surface area (Å²) in [6.45, 7) is 4.59. The number of carboxylic acid groups (broad SMARTS) is 4. The van der Waals surface area contributed by atoms with E-state index in [0.717, 1.165) is 30.0 Å². The van der Waals surface area contributed by atoms with Crippen molar-refractivity contribution in [1.82, 2.24) is 0 Å². The molecule has 8 rings (SSSR count). The van der Waals surface area contributed by atoms with Gasteiger partial charge in [0.15, 0.2) is 0 Å². The number of alkyl halides is 3. The van der Waals surface area contributed by atoms with Crippen LogP contribution in [-0.4, -0.2) is 141 Å². The molecule has 0 heterocycles. The molecule has 8 aromatic carbocycles. The van der Waals surface area contributed by atoms with Crippen molar-refractivity contribution < 1.29 is 104 Å². The van der Waals surface area contributed by atoms with Crippen molar-refractivity contribution in [3.63, 3.8) is 0 Å². The van der Waals surface area contributed by atoms with Crippen LogP contribution in [0.4, 0.5) is 81.4 Å². The maximum atomic E-state index is 12.5. The second-order valence-electron chi connectivity index (χ2n) is 20.2. The molecular formula is C65H61F3N12O21S. The molecule has 5 N–H and O–H groups in total. The summed E-state index contributed by atoms with van der Waals surface area (Å²) in [5, 5.41) is 99.8. The Morgan fingerprint density at radius 2 is 0.735 bits per heavy atom. The largest absolute Gasteiger partial charge is 0.523 e. The second-order valence-corrected chi connectivity index (χ2v) is 21.8. The first-order chi connectivity index (χ1) is 48.5. The maximum absolute atomic E-state index is 12.5. The molecule has 33 nitrogen and oxygen atoms in total. The maximum Gasteiger partial charge on any atom is 0.523 e. The lowest BCUT2D eigenvalue weighted by molar-refractivity contribution is -0.385. The quantitative estimate of drug-likeness (QED) is 0.00917. The van der Waals surface area contributed by atoms with E-state index >= 15 is 0 Å². The SMILES string of the molecule is CCN(CCOS(=O)(=O)C(F)(F)F)c1ccc(N=Nc2cc(OC)c(N=Nc3ccc([N+](=O)[O-])cc3)cc2OC)cc1.CCN(CCOc1cc(C(=O)O)cc(C(=O)O)c1)c1ccc(N=Nc2cc(OC)c(N=Nc3ccc([N+](=O)[O-])cc3)cc2OC)cc1.O=C(O)c1cc(O)cc(C(=O)O)c1. The Labute approximate surface area is 576 Å². The highest BCUT2D eigenvalue weighted by atomic mass is 32.2. The molecule has 0 saturated heterocycles. The number of nitro benzene ring substituents is 2. The Balaban J connectivity index is 0.000000273. The van der Waals surface area contributed by atoms with Gasteiger partial charge in [-0.2, -0.15) is 42.0 Å². The van der Waals surface area contributed by atoms with Gasteiger partial charge in [0.2, 0.25) is 0 Å². The average Bonchev–Trinajstić information content (AvgIpc) is 0.848. The van der Waals surface area contributed by atoms with Gasteiger partial charge in [-0.1, -0.05) is 0 Å². The number of phenols is 1. The molecule has 534 valence electrons. The van der Waals surface area contributed by atoms with E-state index in [0.29, 0.717) is 93.8 Å². The van der Waals surface area contributed by atoms with Crippen molar-refractivity contribution in [1.29, 1.82) is 0 Å². The summed E-state index contributed by atoms with van der Waals surface area (Å²) in [6.07, 6.45) is 0. The minimum Gasteiger partial charge on any atom is -0.508 e. The van der Waals surface area contributed by atoms with E-state index in [9.17, 15) is 71.2 Å². The van der Waals surface area contributed by atoms with Crippen LogP contribution in [-0.2, 0) is 14.3 Å². The number of azo groups is 4. The van der Waals surface area contributed by atoms with Gasteiger partial charge in [0.25, 0.3) is 11.4 Å². The minimum absolute atomic E-state index is 0.0540. The van der Waals surface area contributed by atoms with E-state index in [-0.39, 0.29) is 58.3 Å². The van der Waals surface area contributed by atoms with Crippen LogP contribution in [0.25, 0.3) is 0 Å². The van der Waals surface area contributed by atoms with Crippen LogP contribution in [0.5, 0.6) is 34.5 Å². The summed E-state index contributed by atoms with van der Waals surface area (Å²) in [5.41, 5.74) is -1.82. The third-order valence-corrected chi connectivity index (χ3v) is 14.7. The van der Waals surface area contributed by atoms with Crippen LogP contribution in [0, 0.1) is 20.2 Å². The lowest BCUT2D eigenvalue weighted by Crippen LogP contribution is -2.31. The zero-order valence-electron chi connectivity index (χ0n) is 54.4. The van der Waals surface area contributed by atoms with Gasteiger partial charge in [-0.3, -0.25) is 24.4 Å². The lowest BCUT2D eigenvalue weighted by atomic mass is 10.1. The molecule has 0 bridgehead atoms. The fourth-order valence-electron chi connectivity index (χ4n) is 8.56. The molecular weight excluding hydrogens is 1370 g/mol. The molecule has 0 aliphatic carbocycles. The van der Waals surface area contributed by atoms with Gasteiger partial charge in [-0.25, -0.2) is 19.2 Å². The lowest BCUT2D eigenvalue weighted by Gasteiger charge is -2.23. The number of methoxy groups -OCH3 is 4. The standard InChI is InChI=1S/C32H30N6O9.C25H25F3N6O7S.C8H6O5/c1-4-37(13-14-47-26-16-20(31(39)40)15-21(17-26)32(41)42)24-9-5-22(6-10-24)33-35-27-18-30(46-3)28(19-29(27)45-2)36-34-23-7-11-25(12-8-23)38(43)44;1-4-33(13-14-41-42(37,38)25(26,27)28)19-9-5-17(6-10-19)29-31-21-15-24(40-3)22(16-23(21)39-2)32-30-18-7-11-20(12-8-18)34(35)36;9-6-2-4(7(10)11)1-5(3-6)8(12)13/h5-12,15-19H,4,13-14H2,1-3H3,(H,39,40)(H,41,42);5-12,15-16H,4,13-14H2,1-3H3;1-3,9H,(H,10,11)(H,12,13). The van der Waals surface area contributed by atoms with E-state index in [2.05, 4.69) is 45.1 Å². The number of carbonyl (C=O) groups is 4. The van der Waals surface area contributed by atoms with Gasteiger partial charge < -0.3 is 59.0 Å². The third-order valence-electron chi connectivity index (χ3n) is 13.7. The number of nitro groups is 2. The number of hydrogen-bond acceptors (Lipinski definition) is 27. The number of aromatic hydroxyl groups is 1. The molecule has 0 spiro atoms. The first-order valence-electron chi connectivity index (χ1n) is 29.4. The van der Waals surface area contributed by atoms with Crippen molar-refractivity contribution in [3.8, 4) is 34.5 Å². The molecule has 0 aliphatic rings. The smallest absolute Gasteiger partial charge is 0.508 e. The molecule has 0 amide bonds. The summed E-state index contributed by atoms with van der Waals surface area (Å²) in [5.74, 6) is -3.94. The molecule has 0 atom stereocenters. The molecule has 0 radical (unpaired) electrons. The highest BCUT2D eigenvalue weighted by Crippen LogP contribution is 2.43. The van der Waals surface area contributed by atoms with Crippen LogP contribution in [0.15, 0.2) is 199 Å². The highest BCUT2D eigenvalue weighted by molar-refractivity contribution is 7.87. The average molecular weight is 1440 g/mol. The van der Waals surface area contributed by atoms with Crippen LogP contribution in [0.1, 0.15) is 55.3 Å². The van der Waals surface area contributed by atoms with E-state index in [1.807, 2.05) is 24.0 Å². The van der Waals surface area contributed by atoms with Crippen molar-refractivity contribution in [3.05, 3.63) is 200 Å². The van der Waals surface area contributed by atoms with Gasteiger partial charge in [-0.15, -0.1) is 20.5 Å². The Morgan fingerprint density at radius 3 is 1.00 bits per heavy atom. The zero-order valence-corrected chi connectivity index (χ0v) is 55.2. The molecule has 0 aromatic heterocycles. The van der Waals surface area contributed by atoms with Crippen molar-refractivity contribution in [2.45, 2.75) is 19.4 Å². The Kier molecular flexibility index (Phi) is 27.9. The fourth-order valence-corrected chi connectivity index (χ4v) is 8.98. The van der Waals surface area contributed by atoms with Gasteiger partial charge >= 0.3 is 39.5 Å². The topological polar surface area (TPSA) is 451 Å². The van der Waals surface area contributed by atoms with E-state index in [1.54, 1.807) is 60.4 Å². The van der Waals surface area contributed by atoms with Crippen LogP contribution >= 0.6 is 0 Å². The van der Waals surface area contributed by atoms with Gasteiger partial charge in [-0.05, 0) is 123 Å². The zero-order chi connectivity index (χ0) is 74.8. The fraction of sp³-hybridized carbons (Fsp3) is 0.200. The second kappa shape index (κ2) is 36.5. The number of hydrogen-bond donors (Lipinski definition) is 5. The molecule has 8 aromatic rings. The number of aromatic carboxylic acids is 4. The predicted octanol–water partition coefficient (Wildman–Crippen LogP) is 15.7. The van der Waals surface area contributed by atoms with Crippen LogP contribution < -0.4 is 33.5 Å². The number of rotatable bonds is 30. The first-order valence-corrected chi connectivity index (χ1v) is 30.8. The third kappa shape index (κ3) is 22.5. The van der Waals surface area contributed by atoms with Crippen molar-refractivity contribution in [2.75, 3.05) is 77.6 Å². The Bertz CT molecular complexity index is 4490. The number of likely N-dealkylation sites (N-methyl/N-ethyl adjacent to an activating group) is 2. The number of ether oxygens (including phenoxy) is 5. The van der Waals surface area contributed by atoms with Gasteiger partial charge in [0.1, 0.15) is 63.9 Å². The Hall–Kier alpha value is -13.1. The molecule has 0 saturated carbocycles. The summed E-state index contributed by atoms with van der Waals surface area (Å²) < 4.78 is 91.0. The molecule has 102 heavy (non-hydrogen) atoms. The van der Waals surface area contributed by atoms with E-state index in [4.69, 9.17) is 39.0 Å². The summed E-state index contributed by atoms with van der Waals surface area (Å²) in [4.78, 5) is 67.9. The number of halogens is 3. The van der Waals surface area contributed by atoms with E-state index in [1.165, 1.54) is 101 Å². The number of non-ortho nitro benzene ring substituents is 2. The monoisotopic (exact) mass is 1430 g/mol. The van der Waals surface area contributed by atoms with Gasteiger partial charge in [0, 0.05) is 79.5 Å². The molecule has 0 aliphatic heterocycles. The predicted molar refractivity (Wildman–Crippen MR) is 359 cm³/mol. The van der Waals surface area contributed by atoms with Crippen molar-refractivity contribution in [2.24, 2.45) is 40.9 Å². The highest BCUT2D eigenvalue weighted by Gasteiger charge is 2.47. The number of benzene rings is 8. The Morgan fingerprint density at radius 1 is 0.451 bits per heavy atom. The normalized spacial score (nSPS) is 11.3. The van der Waals surface area contributed by atoms with Crippen molar-refractivity contribution >= 4 is 102 Å². The molecule has 0 unspecified atom stereocenters. The molecule has 37 heteroatoms. The number of anilines is 2. The number of carboxylic acids is 4. The molecule has 0 fully saturated rings. The van der Waals surface area contributed by atoms with Crippen LogP contribution in [0.3, 0.4) is 0 Å². The van der Waals surface area contributed by atoms with Crippen LogP contribution in [0.2, 0.25) is 0 Å². The number of phenolic OH excluding ortho intramolecular Hbond substituents is 1. The van der Waals surface area contributed by atoms with E-state index < -0.39 is 56.0 Å². The minimum atomic E-state index is -5.66. The number of nitrogens with zero attached hydrogens (tertiary/aromatic N) is 12. The first kappa shape index (κ1) is 77.9.